The van der Waals surface area contributed by atoms with Crippen LogP contribution in [0.3, 0.4) is 0 Å². The molecule has 1 unspecified atom stereocenters. The lowest BCUT2D eigenvalue weighted by Crippen LogP contribution is -2.38. The molecule has 0 aliphatic carbocycles. The van der Waals surface area contributed by atoms with E-state index in [9.17, 15) is 9.59 Å². The Morgan fingerprint density at radius 2 is 1.83 bits per heavy atom. The van der Waals surface area contributed by atoms with Gasteiger partial charge >= 0.3 is 0 Å². The molecular weight excluding hydrogens is 230 g/mol. The minimum absolute atomic E-state index is 0.0859. The largest absolute Gasteiger partial charge is 0.496 e. The van der Waals surface area contributed by atoms with E-state index in [0.717, 1.165) is 12.8 Å². The Morgan fingerprint density at radius 1 is 1.17 bits per heavy atom. The summed E-state index contributed by atoms with van der Waals surface area (Å²) in [5, 5.41) is 0. The van der Waals surface area contributed by atoms with Gasteiger partial charge in [0.25, 0.3) is 11.8 Å². The molecule has 18 heavy (non-hydrogen) atoms. The zero-order chi connectivity index (χ0) is 12.5. The van der Waals surface area contributed by atoms with Gasteiger partial charge < -0.3 is 4.74 Å². The normalized spacial score (nSPS) is 22.0. The number of nitrogens with zero attached hydrogens (tertiary/aromatic N) is 1. The molecule has 0 aromatic heterocycles. The van der Waals surface area contributed by atoms with Gasteiger partial charge in [0.1, 0.15) is 6.10 Å². The van der Waals surface area contributed by atoms with Crippen LogP contribution < -0.4 is 0 Å². The fourth-order valence-corrected chi connectivity index (χ4v) is 2.33. The van der Waals surface area contributed by atoms with Gasteiger partial charge in [-0.25, -0.2) is 0 Å². The van der Waals surface area contributed by atoms with Gasteiger partial charge in [-0.2, -0.15) is 0 Å². The lowest BCUT2D eigenvalue weighted by Gasteiger charge is -2.23. The predicted octanol–water partition coefficient (Wildman–Crippen LogP) is 1.98. The summed E-state index contributed by atoms with van der Waals surface area (Å²) >= 11 is 0. The summed E-state index contributed by atoms with van der Waals surface area (Å²) < 4.78 is 5.41. The van der Waals surface area contributed by atoms with Gasteiger partial charge in [-0.05, 0) is 31.1 Å². The second kappa shape index (κ2) is 4.29. The maximum absolute atomic E-state index is 12.1. The highest BCUT2D eigenvalue weighted by Crippen LogP contribution is 2.24. The molecule has 2 aliphatic heterocycles. The fraction of sp³-hybridized carbons (Fsp3) is 0.286. The minimum Gasteiger partial charge on any atom is -0.496 e. The predicted molar refractivity (Wildman–Crippen MR) is 65.1 cm³/mol. The second-order valence-corrected chi connectivity index (χ2v) is 4.47. The van der Waals surface area contributed by atoms with Crippen molar-refractivity contribution in [3.63, 3.8) is 0 Å². The van der Waals surface area contributed by atoms with Crippen molar-refractivity contribution >= 4 is 11.8 Å². The zero-order valence-corrected chi connectivity index (χ0v) is 9.83. The summed E-state index contributed by atoms with van der Waals surface area (Å²) in [6, 6.07) is 6.93. The van der Waals surface area contributed by atoms with Crippen LogP contribution in [0.5, 0.6) is 0 Å². The molecule has 4 heteroatoms. The SMILES string of the molecule is O=C1c2ccccc2C(=O)N1CC1CCC=CO1. The van der Waals surface area contributed by atoms with Crippen LogP contribution in [0.4, 0.5) is 0 Å². The van der Waals surface area contributed by atoms with Gasteiger partial charge in [-0.15, -0.1) is 0 Å². The second-order valence-electron chi connectivity index (χ2n) is 4.47. The Kier molecular flexibility index (Phi) is 2.63. The van der Waals surface area contributed by atoms with Gasteiger partial charge in [0, 0.05) is 0 Å². The Balaban J connectivity index is 1.81. The Hall–Kier alpha value is -2.10. The molecule has 2 amide bonds. The molecule has 2 heterocycles. The van der Waals surface area contributed by atoms with Crippen molar-refractivity contribution in [3.8, 4) is 0 Å². The monoisotopic (exact) mass is 243 g/mol. The first-order valence-corrected chi connectivity index (χ1v) is 6.03. The molecule has 0 bridgehead atoms. The van der Waals surface area contributed by atoms with Crippen molar-refractivity contribution in [3.05, 3.63) is 47.7 Å². The minimum atomic E-state index is -0.214. The zero-order valence-electron chi connectivity index (χ0n) is 9.83. The molecule has 0 saturated carbocycles. The number of allylic oxidation sites excluding steroid dienone is 1. The average Bonchev–Trinajstić information content (AvgIpc) is 2.66. The van der Waals surface area contributed by atoms with Crippen LogP contribution in [0, 0.1) is 0 Å². The lowest BCUT2D eigenvalue weighted by atomic mass is 10.1. The van der Waals surface area contributed by atoms with Crippen molar-refractivity contribution in [2.45, 2.75) is 18.9 Å². The maximum Gasteiger partial charge on any atom is 0.261 e. The summed E-state index contributed by atoms with van der Waals surface area (Å²) in [6.07, 6.45) is 5.26. The molecule has 2 aliphatic rings. The van der Waals surface area contributed by atoms with E-state index < -0.39 is 0 Å². The summed E-state index contributed by atoms with van der Waals surface area (Å²) in [7, 11) is 0. The van der Waals surface area contributed by atoms with Gasteiger partial charge in [-0.1, -0.05) is 12.1 Å². The van der Waals surface area contributed by atoms with E-state index in [1.165, 1.54) is 4.90 Å². The first-order valence-electron chi connectivity index (χ1n) is 6.03. The van der Waals surface area contributed by atoms with Gasteiger partial charge in [0.05, 0.1) is 23.9 Å². The first kappa shape index (κ1) is 11.0. The van der Waals surface area contributed by atoms with Gasteiger partial charge in [0.2, 0.25) is 0 Å². The van der Waals surface area contributed by atoms with E-state index in [0.29, 0.717) is 17.7 Å². The molecule has 1 aromatic carbocycles. The lowest BCUT2D eigenvalue weighted by molar-refractivity contribution is 0.0485. The highest BCUT2D eigenvalue weighted by atomic mass is 16.5. The van der Waals surface area contributed by atoms with Crippen LogP contribution in [0.15, 0.2) is 36.6 Å². The van der Waals surface area contributed by atoms with Crippen LogP contribution in [-0.2, 0) is 4.74 Å². The van der Waals surface area contributed by atoms with Crippen molar-refractivity contribution in [1.29, 1.82) is 0 Å². The number of benzene rings is 1. The number of rotatable bonds is 2. The summed E-state index contributed by atoms with van der Waals surface area (Å²) in [6.45, 7) is 0.330. The number of fused-ring (bicyclic) bond motifs is 1. The summed E-state index contributed by atoms with van der Waals surface area (Å²) in [4.78, 5) is 25.5. The van der Waals surface area contributed by atoms with E-state index in [1.54, 1.807) is 30.5 Å². The van der Waals surface area contributed by atoms with Gasteiger partial charge in [0.15, 0.2) is 0 Å². The van der Waals surface area contributed by atoms with Crippen LogP contribution in [0.1, 0.15) is 33.6 Å². The van der Waals surface area contributed by atoms with E-state index in [2.05, 4.69) is 0 Å². The number of carbonyl (C=O) groups excluding carboxylic acids is 2. The standard InChI is InChI=1S/C14H13NO3/c16-13-11-6-1-2-7-12(11)14(17)15(13)9-10-5-3-4-8-18-10/h1-2,4,6-8,10H,3,5,9H2. The first-order chi connectivity index (χ1) is 8.77. The molecule has 0 saturated heterocycles. The van der Waals surface area contributed by atoms with Crippen LogP contribution in [0.25, 0.3) is 0 Å². The van der Waals surface area contributed by atoms with Crippen molar-refractivity contribution in [2.24, 2.45) is 0 Å². The Labute approximate surface area is 105 Å². The van der Waals surface area contributed by atoms with E-state index in [1.807, 2.05) is 6.08 Å². The number of carbonyl (C=O) groups is 2. The van der Waals surface area contributed by atoms with E-state index >= 15 is 0 Å². The molecule has 92 valence electrons. The quantitative estimate of drug-likeness (QED) is 0.746. The number of hydrogen-bond acceptors (Lipinski definition) is 3. The molecule has 4 nitrogen and oxygen atoms in total. The van der Waals surface area contributed by atoms with Crippen LogP contribution >= 0.6 is 0 Å². The molecular formula is C14H13NO3. The molecule has 0 fully saturated rings. The Morgan fingerprint density at radius 3 is 2.39 bits per heavy atom. The molecule has 1 atom stereocenters. The number of ether oxygens (including phenoxy) is 1. The number of hydrogen-bond donors (Lipinski definition) is 0. The molecule has 0 spiro atoms. The maximum atomic E-state index is 12.1. The summed E-state index contributed by atoms with van der Waals surface area (Å²) in [5.74, 6) is -0.428. The number of amides is 2. The molecule has 1 aromatic rings. The topological polar surface area (TPSA) is 46.6 Å². The van der Waals surface area contributed by atoms with Crippen molar-refractivity contribution in [2.75, 3.05) is 6.54 Å². The van der Waals surface area contributed by atoms with Crippen LogP contribution in [-0.4, -0.2) is 29.4 Å². The smallest absolute Gasteiger partial charge is 0.261 e. The van der Waals surface area contributed by atoms with E-state index in [4.69, 9.17) is 4.74 Å². The number of imide groups is 1. The fourth-order valence-electron chi connectivity index (χ4n) is 2.33. The summed E-state index contributed by atoms with van der Waals surface area (Å²) in [5.41, 5.74) is 0.989. The van der Waals surface area contributed by atoms with Crippen molar-refractivity contribution in [1.82, 2.24) is 4.90 Å². The highest BCUT2D eigenvalue weighted by molar-refractivity contribution is 6.21. The molecule has 0 N–H and O–H groups in total. The van der Waals surface area contributed by atoms with Crippen molar-refractivity contribution < 1.29 is 14.3 Å². The van der Waals surface area contributed by atoms with Crippen LogP contribution in [0.2, 0.25) is 0 Å². The Bertz CT molecular complexity index is 501. The van der Waals surface area contributed by atoms with E-state index in [-0.39, 0.29) is 17.9 Å². The average molecular weight is 243 g/mol. The highest BCUT2D eigenvalue weighted by Gasteiger charge is 2.36. The van der Waals surface area contributed by atoms with Gasteiger partial charge in [-0.3, -0.25) is 14.5 Å². The third-order valence-electron chi connectivity index (χ3n) is 3.29. The third kappa shape index (κ3) is 1.70. The molecule has 0 radical (unpaired) electrons. The molecule has 3 rings (SSSR count). The third-order valence-corrected chi connectivity index (χ3v) is 3.29.